The number of rotatable bonds is 5. The van der Waals surface area contributed by atoms with E-state index in [2.05, 4.69) is 25.9 Å². The lowest BCUT2D eigenvalue weighted by Crippen LogP contribution is -2.18. The van der Waals surface area contributed by atoms with Crippen LogP contribution in [0.15, 0.2) is 35.1 Å². The summed E-state index contributed by atoms with van der Waals surface area (Å²) in [5.74, 6) is 0.489. The summed E-state index contributed by atoms with van der Waals surface area (Å²) in [5, 5.41) is 3.28. The first-order chi connectivity index (χ1) is 9.13. The highest BCUT2D eigenvalue weighted by molar-refractivity contribution is 5.33. The summed E-state index contributed by atoms with van der Waals surface area (Å²) in [6, 6.07) is 9.76. The first-order valence-electron chi connectivity index (χ1n) is 7.01. The van der Waals surface area contributed by atoms with Crippen LogP contribution < -0.4 is 5.56 Å². The van der Waals surface area contributed by atoms with Gasteiger partial charge in [0.1, 0.15) is 0 Å². The van der Waals surface area contributed by atoms with Gasteiger partial charge in [-0.3, -0.25) is 9.89 Å². The minimum atomic E-state index is 0.100. The number of aromatic nitrogens is 2. The van der Waals surface area contributed by atoms with Gasteiger partial charge in [-0.15, -0.1) is 0 Å². The summed E-state index contributed by atoms with van der Waals surface area (Å²) in [4.78, 5) is 12.5. The molecule has 1 aromatic heterocycles. The van der Waals surface area contributed by atoms with Gasteiger partial charge < -0.3 is 0 Å². The van der Waals surface area contributed by atoms with Gasteiger partial charge in [0, 0.05) is 11.3 Å². The molecule has 0 bridgehead atoms. The van der Waals surface area contributed by atoms with Crippen LogP contribution in [-0.4, -0.2) is 9.78 Å². The fourth-order valence-electron chi connectivity index (χ4n) is 2.35. The van der Waals surface area contributed by atoms with Crippen LogP contribution in [-0.2, 0) is 12.8 Å². The first kappa shape index (κ1) is 13.7. The molecule has 0 saturated heterocycles. The van der Waals surface area contributed by atoms with Crippen molar-refractivity contribution in [2.45, 2.75) is 40.0 Å². The van der Waals surface area contributed by atoms with Gasteiger partial charge in [-0.2, -0.15) is 0 Å². The third-order valence-corrected chi connectivity index (χ3v) is 3.20. The number of H-pyrrole nitrogens is 1. The van der Waals surface area contributed by atoms with Gasteiger partial charge in [0.2, 0.25) is 0 Å². The SMILES string of the molecule is CCCc1[nH]n(-c2ccccc2)c(=O)c1CC(C)C. The summed E-state index contributed by atoms with van der Waals surface area (Å²) in [5.41, 5.74) is 3.04. The fraction of sp³-hybridized carbons (Fsp3) is 0.438. The molecular weight excluding hydrogens is 236 g/mol. The van der Waals surface area contributed by atoms with E-state index < -0.39 is 0 Å². The van der Waals surface area contributed by atoms with Crippen molar-refractivity contribution in [1.82, 2.24) is 9.78 Å². The van der Waals surface area contributed by atoms with Crippen LogP contribution in [0, 0.1) is 5.92 Å². The van der Waals surface area contributed by atoms with Gasteiger partial charge in [-0.25, -0.2) is 4.68 Å². The van der Waals surface area contributed by atoms with Crippen LogP contribution in [0.25, 0.3) is 5.69 Å². The predicted octanol–water partition coefficient (Wildman–Crippen LogP) is 3.32. The second kappa shape index (κ2) is 5.91. The number of nitrogens with zero attached hydrogens (tertiary/aromatic N) is 1. The Morgan fingerprint density at radius 3 is 2.47 bits per heavy atom. The van der Waals surface area contributed by atoms with Crippen molar-refractivity contribution in [3.63, 3.8) is 0 Å². The second-order valence-corrected chi connectivity index (χ2v) is 5.39. The molecule has 0 atom stereocenters. The number of aryl methyl sites for hydroxylation is 1. The van der Waals surface area contributed by atoms with Crippen LogP contribution in [0.3, 0.4) is 0 Å². The highest BCUT2D eigenvalue weighted by Crippen LogP contribution is 2.13. The minimum Gasteiger partial charge on any atom is -0.295 e. The van der Waals surface area contributed by atoms with E-state index in [1.807, 2.05) is 30.3 Å². The van der Waals surface area contributed by atoms with E-state index in [0.29, 0.717) is 5.92 Å². The number of hydrogen-bond acceptors (Lipinski definition) is 1. The molecule has 0 amide bonds. The molecule has 2 rings (SSSR count). The number of aromatic amines is 1. The molecule has 0 aliphatic heterocycles. The molecule has 0 aliphatic carbocycles. The zero-order valence-electron chi connectivity index (χ0n) is 11.9. The molecular formula is C16H22N2O. The van der Waals surface area contributed by atoms with Crippen molar-refractivity contribution in [3.05, 3.63) is 51.9 Å². The van der Waals surface area contributed by atoms with E-state index in [1.54, 1.807) is 4.68 Å². The van der Waals surface area contributed by atoms with E-state index in [-0.39, 0.29) is 5.56 Å². The number of para-hydroxylation sites is 1. The topological polar surface area (TPSA) is 37.8 Å². The normalized spacial score (nSPS) is 11.2. The lowest BCUT2D eigenvalue weighted by molar-refractivity contribution is 0.639. The quantitative estimate of drug-likeness (QED) is 0.877. The molecule has 3 heteroatoms. The van der Waals surface area contributed by atoms with Gasteiger partial charge in [0.05, 0.1) is 5.69 Å². The van der Waals surface area contributed by atoms with Gasteiger partial charge >= 0.3 is 0 Å². The van der Waals surface area contributed by atoms with E-state index in [1.165, 1.54) is 0 Å². The third-order valence-electron chi connectivity index (χ3n) is 3.20. The third kappa shape index (κ3) is 2.98. The summed E-state index contributed by atoms with van der Waals surface area (Å²) >= 11 is 0. The molecule has 2 aromatic rings. The Bertz CT molecular complexity index is 579. The monoisotopic (exact) mass is 258 g/mol. The predicted molar refractivity (Wildman–Crippen MR) is 78.9 cm³/mol. The van der Waals surface area contributed by atoms with E-state index >= 15 is 0 Å². The van der Waals surface area contributed by atoms with E-state index in [4.69, 9.17) is 0 Å². The maximum Gasteiger partial charge on any atom is 0.274 e. The maximum absolute atomic E-state index is 12.5. The van der Waals surface area contributed by atoms with E-state index in [0.717, 1.165) is 36.2 Å². The van der Waals surface area contributed by atoms with E-state index in [9.17, 15) is 4.79 Å². The maximum atomic E-state index is 12.5. The van der Waals surface area contributed by atoms with Gasteiger partial charge in [0.25, 0.3) is 5.56 Å². The Morgan fingerprint density at radius 2 is 1.89 bits per heavy atom. The molecule has 0 aliphatic rings. The molecule has 0 spiro atoms. The molecule has 0 unspecified atom stereocenters. The summed E-state index contributed by atoms with van der Waals surface area (Å²) < 4.78 is 1.67. The van der Waals surface area contributed by atoms with Crippen molar-refractivity contribution in [1.29, 1.82) is 0 Å². The number of benzene rings is 1. The largest absolute Gasteiger partial charge is 0.295 e. The zero-order chi connectivity index (χ0) is 13.8. The first-order valence-corrected chi connectivity index (χ1v) is 7.01. The molecule has 0 fully saturated rings. The number of nitrogens with one attached hydrogen (secondary N) is 1. The highest BCUT2D eigenvalue weighted by atomic mass is 16.1. The molecule has 102 valence electrons. The minimum absolute atomic E-state index is 0.100. The average molecular weight is 258 g/mol. The summed E-state index contributed by atoms with van der Waals surface area (Å²) in [6.45, 7) is 6.43. The van der Waals surface area contributed by atoms with Gasteiger partial charge in [-0.1, -0.05) is 45.4 Å². The van der Waals surface area contributed by atoms with Crippen LogP contribution in [0.5, 0.6) is 0 Å². The van der Waals surface area contributed by atoms with Crippen LogP contribution in [0.2, 0.25) is 0 Å². The Hall–Kier alpha value is -1.77. The Morgan fingerprint density at radius 1 is 1.21 bits per heavy atom. The van der Waals surface area contributed by atoms with Crippen molar-refractivity contribution in [2.24, 2.45) is 5.92 Å². The van der Waals surface area contributed by atoms with Crippen LogP contribution in [0.1, 0.15) is 38.4 Å². The van der Waals surface area contributed by atoms with Crippen molar-refractivity contribution in [3.8, 4) is 5.69 Å². The fourth-order valence-corrected chi connectivity index (χ4v) is 2.35. The molecule has 0 saturated carbocycles. The molecule has 19 heavy (non-hydrogen) atoms. The summed E-state index contributed by atoms with van der Waals surface area (Å²) in [7, 11) is 0. The Balaban J connectivity index is 2.49. The van der Waals surface area contributed by atoms with Crippen molar-refractivity contribution in [2.75, 3.05) is 0 Å². The lowest BCUT2D eigenvalue weighted by Gasteiger charge is -2.03. The van der Waals surface area contributed by atoms with Gasteiger partial charge in [0.15, 0.2) is 0 Å². The van der Waals surface area contributed by atoms with Crippen LogP contribution in [0.4, 0.5) is 0 Å². The van der Waals surface area contributed by atoms with Crippen molar-refractivity contribution < 1.29 is 0 Å². The summed E-state index contributed by atoms with van der Waals surface area (Å²) in [6.07, 6.45) is 2.81. The standard InChI is InChI=1S/C16H22N2O/c1-4-8-15-14(11-12(2)3)16(19)18(17-15)13-9-6-5-7-10-13/h5-7,9-10,12,17H,4,8,11H2,1-3H3. The lowest BCUT2D eigenvalue weighted by atomic mass is 10.0. The molecule has 1 N–H and O–H groups in total. The number of hydrogen-bond donors (Lipinski definition) is 1. The Kier molecular flexibility index (Phi) is 4.25. The zero-order valence-corrected chi connectivity index (χ0v) is 11.9. The molecule has 0 radical (unpaired) electrons. The van der Waals surface area contributed by atoms with Crippen LogP contribution >= 0.6 is 0 Å². The smallest absolute Gasteiger partial charge is 0.274 e. The average Bonchev–Trinajstić information content (AvgIpc) is 2.69. The molecule has 3 nitrogen and oxygen atoms in total. The van der Waals surface area contributed by atoms with Gasteiger partial charge in [-0.05, 0) is 30.9 Å². The van der Waals surface area contributed by atoms with Crippen molar-refractivity contribution >= 4 is 0 Å². The second-order valence-electron chi connectivity index (χ2n) is 5.39. The molecule has 1 aromatic carbocycles. The molecule has 1 heterocycles. The Labute approximate surface area is 114 Å². The highest BCUT2D eigenvalue weighted by Gasteiger charge is 2.15.